The highest BCUT2D eigenvalue weighted by Gasteiger charge is 2.13. The number of hydrogen-bond donors (Lipinski definition) is 0. The molecule has 1 fully saturated rings. The number of nitrogens with zero attached hydrogens (tertiary/aromatic N) is 1. The lowest BCUT2D eigenvalue weighted by Crippen LogP contribution is -2.36. The van der Waals surface area contributed by atoms with E-state index >= 15 is 0 Å². The molecule has 1 heterocycles. The fourth-order valence-corrected chi connectivity index (χ4v) is 1.96. The van der Waals surface area contributed by atoms with Crippen LogP contribution < -0.4 is 4.90 Å². The largest absolute Gasteiger partial charge is 0.378 e. The Balaban J connectivity index is 2.24. The predicted octanol–water partition coefficient (Wildman–Crippen LogP) is 2.73. The summed E-state index contributed by atoms with van der Waals surface area (Å²) in [5.74, 6) is 0. The second-order valence-corrected chi connectivity index (χ2v) is 4.09. The lowest BCUT2D eigenvalue weighted by Gasteiger charge is -2.29. The van der Waals surface area contributed by atoms with Crippen LogP contribution in [0.2, 0.25) is 5.02 Å². The van der Waals surface area contributed by atoms with Crippen LogP contribution in [0.15, 0.2) is 23.1 Å². The van der Waals surface area contributed by atoms with Crippen LogP contribution >= 0.6 is 24.2 Å². The number of anilines is 1. The van der Waals surface area contributed by atoms with E-state index in [-0.39, 0.29) is 0 Å². The molecule has 1 saturated heterocycles. The maximum atomic E-state index is 6.10. The molecule has 1 aromatic carbocycles. The molecule has 0 unspecified atom stereocenters. The van der Waals surface area contributed by atoms with Crippen LogP contribution in [0.4, 0.5) is 5.69 Å². The first kappa shape index (κ1) is 10.0. The molecule has 0 N–H and O–H groups in total. The summed E-state index contributed by atoms with van der Waals surface area (Å²) in [6.07, 6.45) is 0. The highest BCUT2D eigenvalue weighted by Crippen LogP contribution is 2.28. The van der Waals surface area contributed by atoms with Crippen LogP contribution in [-0.4, -0.2) is 26.3 Å². The Morgan fingerprint density at radius 2 is 2.00 bits per heavy atom. The zero-order valence-electron chi connectivity index (χ0n) is 7.70. The van der Waals surface area contributed by atoms with E-state index in [0.717, 1.165) is 41.9 Å². The van der Waals surface area contributed by atoms with Crippen LogP contribution in [0.3, 0.4) is 0 Å². The summed E-state index contributed by atoms with van der Waals surface area (Å²) in [6, 6.07) is 5.65. The lowest BCUT2D eigenvalue weighted by atomic mass is 10.2. The van der Waals surface area contributed by atoms with Gasteiger partial charge >= 0.3 is 0 Å². The van der Waals surface area contributed by atoms with Gasteiger partial charge in [-0.2, -0.15) is 0 Å². The number of hydrogen-bond acceptors (Lipinski definition) is 2. The van der Waals surface area contributed by atoms with Crippen LogP contribution in [0.1, 0.15) is 0 Å². The lowest BCUT2D eigenvalue weighted by molar-refractivity contribution is 0.122. The molecule has 0 aliphatic carbocycles. The van der Waals surface area contributed by atoms with Gasteiger partial charge in [-0.3, -0.25) is 0 Å². The van der Waals surface area contributed by atoms with Crippen LogP contribution in [0, 0.1) is 0 Å². The van der Waals surface area contributed by atoms with Crippen LogP contribution in [-0.2, 0) is 4.74 Å². The Bertz CT molecular complexity index is 326. The highest BCUT2D eigenvalue weighted by atomic mass is 35.5. The molecular weight excluding hydrogens is 218 g/mol. The number of halogens is 1. The van der Waals surface area contributed by atoms with E-state index in [1.807, 2.05) is 18.2 Å². The summed E-state index contributed by atoms with van der Waals surface area (Å²) in [7, 11) is 0. The van der Waals surface area contributed by atoms with E-state index in [9.17, 15) is 0 Å². The molecule has 0 bridgehead atoms. The minimum Gasteiger partial charge on any atom is -0.378 e. The van der Waals surface area contributed by atoms with Crippen molar-refractivity contribution in [3.05, 3.63) is 23.2 Å². The summed E-state index contributed by atoms with van der Waals surface area (Å²) >= 11 is 11.2. The van der Waals surface area contributed by atoms with Gasteiger partial charge < -0.3 is 9.64 Å². The third kappa shape index (κ3) is 2.11. The molecule has 0 aromatic heterocycles. The molecule has 14 heavy (non-hydrogen) atoms. The van der Waals surface area contributed by atoms with Crippen molar-refractivity contribution < 1.29 is 4.74 Å². The molecule has 75 valence electrons. The molecule has 0 saturated carbocycles. The van der Waals surface area contributed by atoms with Gasteiger partial charge in [-0.15, -0.1) is 0 Å². The summed E-state index contributed by atoms with van der Waals surface area (Å²) in [6.45, 7) is 3.30. The Morgan fingerprint density at radius 1 is 1.29 bits per heavy atom. The molecular formula is C10H11ClNOS. The summed E-state index contributed by atoms with van der Waals surface area (Å²) in [5, 5.41) is 0.764. The van der Waals surface area contributed by atoms with Gasteiger partial charge in [-0.05, 0) is 18.2 Å². The van der Waals surface area contributed by atoms with Gasteiger partial charge in [0.1, 0.15) is 0 Å². The summed E-state index contributed by atoms with van der Waals surface area (Å²) in [4.78, 5) is 3.04. The van der Waals surface area contributed by atoms with Crippen LogP contribution in [0.5, 0.6) is 0 Å². The average molecular weight is 229 g/mol. The van der Waals surface area contributed by atoms with Gasteiger partial charge in [0.25, 0.3) is 0 Å². The van der Waals surface area contributed by atoms with Gasteiger partial charge in [-0.1, -0.05) is 24.2 Å². The molecule has 1 radical (unpaired) electrons. The third-order valence-electron chi connectivity index (χ3n) is 2.27. The van der Waals surface area contributed by atoms with E-state index in [2.05, 4.69) is 4.90 Å². The number of morpholine rings is 1. The minimum absolute atomic E-state index is 0.762. The monoisotopic (exact) mass is 228 g/mol. The van der Waals surface area contributed by atoms with Gasteiger partial charge in [0.2, 0.25) is 0 Å². The van der Waals surface area contributed by atoms with Gasteiger partial charge in [-0.25, -0.2) is 0 Å². The molecule has 4 heteroatoms. The Hall–Kier alpha value is -0.510. The summed E-state index contributed by atoms with van der Waals surface area (Å²) in [5.41, 5.74) is 1.03. The molecule has 0 spiro atoms. The Kier molecular flexibility index (Phi) is 3.11. The highest BCUT2D eigenvalue weighted by molar-refractivity contribution is 7.80. The smallest absolute Gasteiger partial charge is 0.0642 e. The molecule has 0 amide bonds. The zero-order valence-corrected chi connectivity index (χ0v) is 9.27. The van der Waals surface area contributed by atoms with Gasteiger partial charge in [0.15, 0.2) is 0 Å². The van der Waals surface area contributed by atoms with Crippen molar-refractivity contribution in [2.75, 3.05) is 31.2 Å². The van der Waals surface area contributed by atoms with E-state index in [4.69, 9.17) is 29.0 Å². The minimum atomic E-state index is 0.762. The second-order valence-electron chi connectivity index (χ2n) is 3.21. The van der Waals surface area contributed by atoms with Crippen molar-refractivity contribution in [3.8, 4) is 0 Å². The Morgan fingerprint density at radius 3 is 2.71 bits per heavy atom. The first-order valence-corrected chi connectivity index (χ1v) is 5.35. The van der Waals surface area contributed by atoms with Crippen molar-refractivity contribution >= 4 is 29.9 Å². The van der Waals surface area contributed by atoms with Crippen molar-refractivity contribution in [1.29, 1.82) is 0 Å². The second kappa shape index (κ2) is 4.34. The topological polar surface area (TPSA) is 12.5 Å². The number of ether oxygens (including phenoxy) is 1. The quantitative estimate of drug-likeness (QED) is 0.733. The van der Waals surface area contributed by atoms with Gasteiger partial charge in [0.05, 0.1) is 23.9 Å². The maximum Gasteiger partial charge on any atom is 0.0642 e. The SMILES string of the molecule is [S]c1ccc(Cl)c(N2CCOCC2)c1. The molecule has 1 aliphatic rings. The standard InChI is InChI=1S/C10H11ClNOS/c11-9-2-1-8(14)7-10(9)12-3-5-13-6-4-12/h1-2,7H,3-6H2. The molecule has 1 aliphatic heterocycles. The average Bonchev–Trinajstić information content (AvgIpc) is 2.23. The zero-order chi connectivity index (χ0) is 9.97. The Labute approximate surface area is 94.2 Å². The van der Waals surface area contributed by atoms with Gasteiger partial charge in [0, 0.05) is 18.0 Å². The molecule has 1 aromatic rings. The predicted molar refractivity (Wildman–Crippen MR) is 60.3 cm³/mol. The maximum absolute atomic E-state index is 6.10. The van der Waals surface area contributed by atoms with Crippen molar-refractivity contribution in [2.24, 2.45) is 0 Å². The third-order valence-corrected chi connectivity index (χ3v) is 2.84. The molecule has 2 nitrogen and oxygen atoms in total. The van der Waals surface area contributed by atoms with E-state index in [1.165, 1.54) is 0 Å². The van der Waals surface area contributed by atoms with E-state index in [1.54, 1.807) is 0 Å². The molecule has 2 rings (SSSR count). The van der Waals surface area contributed by atoms with E-state index in [0.29, 0.717) is 0 Å². The van der Waals surface area contributed by atoms with Crippen molar-refractivity contribution in [2.45, 2.75) is 4.90 Å². The fraction of sp³-hybridized carbons (Fsp3) is 0.400. The molecule has 0 atom stereocenters. The summed E-state index contributed by atoms with van der Waals surface area (Å²) < 4.78 is 5.28. The van der Waals surface area contributed by atoms with Crippen LogP contribution in [0.25, 0.3) is 0 Å². The van der Waals surface area contributed by atoms with E-state index < -0.39 is 0 Å². The number of benzene rings is 1. The van der Waals surface area contributed by atoms with Crippen molar-refractivity contribution in [1.82, 2.24) is 0 Å². The first-order chi connectivity index (χ1) is 6.77. The fourth-order valence-electron chi connectivity index (χ4n) is 1.54. The normalized spacial score (nSPS) is 17.1. The van der Waals surface area contributed by atoms with Crippen molar-refractivity contribution in [3.63, 3.8) is 0 Å². The first-order valence-electron chi connectivity index (χ1n) is 4.56. The number of rotatable bonds is 1.